The number of thioether (sulfide) groups is 1. The number of anilines is 1. The summed E-state index contributed by atoms with van der Waals surface area (Å²) < 4.78 is 0.954. The van der Waals surface area contributed by atoms with E-state index >= 15 is 0 Å². The molecule has 0 saturated carbocycles. The van der Waals surface area contributed by atoms with Crippen molar-refractivity contribution in [2.24, 2.45) is 0 Å². The minimum Gasteiger partial charge on any atom is -0.397 e. The number of hydrogen-bond acceptors (Lipinski definition) is 3. The number of pyridine rings is 1. The van der Waals surface area contributed by atoms with Gasteiger partial charge in [-0.3, -0.25) is 4.98 Å². The molecule has 2 N–H and O–H groups in total. The summed E-state index contributed by atoms with van der Waals surface area (Å²) in [5.74, 6) is 0.911. The molecular weight excluding hydrogens is 296 g/mol. The van der Waals surface area contributed by atoms with E-state index < -0.39 is 0 Å². The molecule has 0 radical (unpaired) electrons. The van der Waals surface area contributed by atoms with E-state index in [1.165, 1.54) is 11.1 Å². The molecule has 0 atom stereocenters. The summed E-state index contributed by atoms with van der Waals surface area (Å²) in [6.45, 7) is 2.10. The van der Waals surface area contributed by atoms with Gasteiger partial charge in [-0.1, -0.05) is 29.8 Å². The molecule has 0 aliphatic heterocycles. The zero-order chi connectivity index (χ0) is 12.3. The van der Waals surface area contributed by atoms with E-state index in [2.05, 4.69) is 52.1 Å². The van der Waals surface area contributed by atoms with Gasteiger partial charge in [0.1, 0.15) is 0 Å². The van der Waals surface area contributed by atoms with Crippen LogP contribution in [0.2, 0.25) is 0 Å². The number of aromatic nitrogens is 1. The number of nitrogen functional groups attached to an aromatic ring is 1. The average molecular weight is 309 g/mol. The molecule has 88 valence electrons. The zero-order valence-corrected chi connectivity index (χ0v) is 11.9. The highest BCUT2D eigenvalue weighted by molar-refractivity contribution is 9.10. The van der Waals surface area contributed by atoms with E-state index in [-0.39, 0.29) is 0 Å². The van der Waals surface area contributed by atoms with Gasteiger partial charge in [-0.05, 0) is 28.4 Å². The summed E-state index contributed by atoms with van der Waals surface area (Å²) in [6.07, 6.45) is 3.46. The summed E-state index contributed by atoms with van der Waals surface area (Å²) in [7, 11) is 0. The summed E-state index contributed by atoms with van der Waals surface area (Å²) in [5.41, 5.74) is 9.21. The maximum Gasteiger partial charge on any atom is 0.0650 e. The molecule has 0 saturated heterocycles. The van der Waals surface area contributed by atoms with Gasteiger partial charge in [0.15, 0.2) is 0 Å². The van der Waals surface area contributed by atoms with E-state index in [1.807, 2.05) is 0 Å². The Labute approximate surface area is 114 Å². The molecule has 1 aromatic heterocycles. The van der Waals surface area contributed by atoms with Crippen molar-refractivity contribution in [2.75, 3.05) is 5.73 Å². The van der Waals surface area contributed by atoms with Crippen molar-refractivity contribution < 1.29 is 0 Å². The number of aryl methyl sites for hydroxylation is 1. The van der Waals surface area contributed by atoms with E-state index in [1.54, 1.807) is 24.2 Å². The number of benzene rings is 1. The molecule has 0 unspecified atom stereocenters. The second kappa shape index (κ2) is 5.56. The summed E-state index contributed by atoms with van der Waals surface area (Å²) in [6, 6.07) is 8.50. The summed E-state index contributed by atoms with van der Waals surface area (Å²) >= 11 is 5.20. The van der Waals surface area contributed by atoms with Crippen LogP contribution in [0, 0.1) is 6.92 Å². The van der Waals surface area contributed by atoms with Gasteiger partial charge < -0.3 is 5.73 Å². The number of nitrogens with two attached hydrogens (primary N) is 1. The Balaban J connectivity index is 2.13. The summed E-state index contributed by atoms with van der Waals surface area (Å²) in [4.78, 5) is 5.09. The van der Waals surface area contributed by atoms with Gasteiger partial charge in [-0.2, -0.15) is 0 Å². The molecule has 0 spiro atoms. The second-order valence-electron chi connectivity index (χ2n) is 3.82. The van der Waals surface area contributed by atoms with Crippen molar-refractivity contribution in [3.05, 3.63) is 52.3 Å². The Bertz CT molecular complexity index is 508. The quantitative estimate of drug-likeness (QED) is 0.870. The first-order chi connectivity index (χ1) is 8.16. The lowest BCUT2D eigenvalue weighted by atomic mass is 10.2. The highest BCUT2D eigenvalue weighted by atomic mass is 79.9. The number of rotatable bonds is 3. The lowest BCUT2D eigenvalue weighted by molar-refractivity contribution is 1.23. The molecule has 17 heavy (non-hydrogen) atoms. The van der Waals surface area contributed by atoms with Crippen molar-refractivity contribution in [1.82, 2.24) is 4.98 Å². The Morgan fingerprint density at radius 3 is 2.88 bits per heavy atom. The van der Waals surface area contributed by atoms with Gasteiger partial charge in [-0.15, -0.1) is 11.8 Å². The second-order valence-corrected chi connectivity index (χ2v) is 5.66. The Hall–Kier alpha value is -1.00. The molecule has 4 heteroatoms. The molecule has 2 nitrogen and oxygen atoms in total. The Morgan fingerprint density at radius 2 is 2.18 bits per heavy atom. The van der Waals surface area contributed by atoms with Gasteiger partial charge in [-0.25, -0.2) is 0 Å². The zero-order valence-electron chi connectivity index (χ0n) is 9.48. The lowest BCUT2D eigenvalue weighted by Gasteiger charge is -2.07. The number of halogens is 1. The standard InChI is InChI=1S/C13H13BrN2S/c1-9-3-2-4-10(5-9)8-17-13-11(14)6-16-7-12(13)15/h2-7H,8,15H2,1H3. The predicted octanol–water partition coefficient (Wildman–Crippen LogP) is 4.03. The minimum absolute atomic E-state index is 0.719. The molecule has 2 aromatic rings. The molecule has 0 aliphatic carbocycles. The number of hydrogen-bond donors (Lipinski definition) is 1. The van der Waals surface area contributed by atoms with Crippen LogP contribution < -0.4 is 5.73 Å². The van der Waals surface area contributed by atoms with Gasteiger partial charge >= 0.3 is 0 Å². The van der Waals surface area contributed by atoms with Crippen molar-refractivity contribution in [3.8, 4) is 0 Å². The third-order valence-electron chi connectivity index (χ3n) is 2.35. The third kappa shape index (κ3) is 3.23. The topological polar surface area (TPSA) is 38.9 Å². The van der Waals surface area contributed by atoms with Gasteiger partial charge in [0.25, 0.3) is 0 Å². The maximum atomic E-state index is 5.90. The van der Waals surface area contributed by atoms with E-state index in [4.69, 9.17) is 5.73 Å². The molecular formula is C13H13BrN2S. The molecule has 0 fully saturated rings. The fourth-order valence-electron chi connectivity index (χ4n) is 1.55. The first-order valence-corrected chi connectivity index (χ1v) is 7.02. The Kier molecular flexibility index (Phi) is 4.07. The van der Waals surface area contributed by atoms with Crippen molar-refractivity contribution in [1.29, 1.82) is 0 Å². The number of nitrogens with zero attached hydrogens (tertiary/aromatic N) is 1. The fourth-order valence-corrected chi connectivity index (χ4v) is 3.14. The molecule has 2 rings (SSSR count). The Morgan fingerprint density at radius 1 is 1.35 bits per heavy atom. The molecule has 0 aliphatic rings. The smallest absolute Gasteiger partial charge is 0.0650 e. The van der Waals surface area contributed by atoms with Gasteiger partial charge in [0, 0.05) is 16.8 Å². The van der Waals surface area contributed by atoms with Crippen LogP contribution in [-0.4, -0.2) is 4.98 Å². The highest BCUT2D eigenvalue weighted by Gasteiger charge is 2.05. The highest BCUT2D eigenvalue weighted by Crippen LogP contribution is 2.33. The molecule has 1 aromatic carbocycles. The largest absolute Gasteiger partial charge is 0.397 e. The van der Waals surface area contributed by atoms with Gasteiger partial charge in [0.2, 0.25) is 0 Å². The molecule has 0 amide bonds. The molecule has 0 bridgehead atoms. The van der Waals surface area contributed by atoms with Crippen molar-refractivity contribution in [2.45, 2.75) is 17.6 Å². The van der Waals surface area contributed by atoms with Crippen LogP contribution in [0.1, 0.15) is 11.1 Å². The third-order valence-corrected chi connectivity index (χ3v) is 4.43. The van der Waals surface area contributed by atoms with Crippen LogP contribution in [0.4, 0.5) is 5.69 Å². The van der Waals surface area contributed by atoms with Crippen LogP contribution in [0.3, 0.4) is 0 Å². The van der Waals surface area contributed by atoms with Crippen LogP contribution >= 0.6 is 27.7 Å². The molecule has 1 heterocycles. The summed E-state index contributed by atoms with van der Waals surface area (Å²) in [5, 5.41) is 0. The van der Waals surface area contributed by atoms with E-state index in [0.717, 1.165) is 20.8 Å². The first kappa shape index (κ1) is 12.5. The van der Waals surface area contributed by atoms with Crippen LogP contribution in [0.5, 0.6) is 0 Å². The van der Waals surface area contributed by atoms with E-state index in [0.29, 0.717) is 0 Å². The average Bonchev–Trinajstić information content (AvgIpc) is 2.28. The van der Waals surface area contributed by atoms with Crippen molar-refractivity contribution in [3.63, 3.8) is 0 Å². The van der Waals surface area contributed by atoms with E-state index in [9.17, 15) is 0 Å². The van der Waals surface area contributed by atoms with Crippen LogP contribution in [0.25, 0.3) is 0 Å². The monoisotopic (exact) mass is 308 g/mol. The lowest BCUT2D eigenvalue weighted by Crippen LogP contribution is -1.91. The van der Waals surface area contributed by atoms with Crippen LogP contribution in [0.15, 0.2) is 46.0 Å². The fraction of sp³-hybridized carbons (Fsp3) is 0.154. The minimum atomic E-state index is 0.719. The van der Waals surface area contributed by atoms with Gasteiger partial charge in [0.05, 0.1) is 16.4 Å². The first-order valence-electron chi connectivity index (χ1n) is 5.24. The maximum absolute atomic E-state index is 5.90. The normalized spacial score (nSPS) is 10.5. The van der Waals surface area contributed by atoms with Crippen LogP contribution in [-0.2, 0) is 5.75 Å². The van der Waals surface area contributed by atoms with Crippen molar-refractivity contribution >= 4 is 33.4 Å². The predicted molar refractivity (Wildman–Crippen MR) is 77.1 cm³/mol. The SMILES string of the molecule is Cc1cccc(CSc2c(N)cncc2Br)c1.